The first-order valence-corrected chi connectivity index (χ1v) is 5.58. The van der Waals surface area contributed by atoms with Crippen LogP contribution in [0.5, 0.6) is 0 Å². The number of nitrogens with one attached hydrogen (secondary N) is 1. The molecule has 0 radical (unpaired) electrons. The lowest BCUT2D eigenvalue weighted by atomic mass is 10.2. The predicted molar refractivity (Wildman–Crippen MR) is 62.1 cm³/mol. The summed E-state index contributed by atoms with van der Waals surface area (Å²) in [6, 6.07) is -0.421. The summed E-state index contributed by atoms with van der Waals surface area (Å²) < 4.78 is 6.42. The van der Waals surface area contributed by atoms with Crippen molar-refractivity contribution in [2.24, 2.45) is 5.73 Å². The normalized spacial score (nSPS) is 12.6. The van der Waals surface area contributed by atoms with Crippen molar-refractivity contribution in [1.29, 1.82) is 0 Å². The van der Waals surface area contributed by atoms with Crippen LogP contribution in [0.1, 0.15) is 25.1 Å². The van der Waals surface area contributed by atoms with Crippen LogP contribution >= 0.6 is 0 Å². The fourth-order valence-electron chi connectivity index (χ4n) is 1.46. The van der Waals surface area contributed by atoms with Gasteiger partial charge in [0.05, 0.1) is 18.5 Å². The summed E-state index contributed by atoms with van der Waals surface area (Å²) in [6.07, 6.45) is 2.34. The average molecular weight is 241 g/mol. The van der Waals surface area contributed by atoms with E-state index < -0.39 is 11.9 Å². The summed E-state index contributed by atoms with van der Waals surface area (Å²) in [5.41, 5.74) is 6.05. The highest BCUT2D eigenvalue weighted by atomic mass is 16.5. The summed E-state index contributed by atoms with van der Waals surface area (Å²) in [7, 11) is 1.65. The molecule has 1 aromatic rings. The monoisotopic (exact) mass is 241 g/mol. The van der Waals surface area contributed by atoms with Gasteiger partial charge in [0.2, 0.25) is 5.91 Å². The molecule has 0 aliphatic rings. The molecule has 0 spiro atoms. The van der Waals surface area contributed by atoms with Crippen LogP contribution in [0.3, 0.4) is 0 Å². The minimum atomic E-state index is -0.421. The first-order valence-electron chi connectivity index (χ1n) is 5.58. The van der Waals surface area contributed by atoms with E-state index in [1.807, 2.05) is 6.92 Å². The smallest absolute Gasteiger partial charge is 0.242 e. The largest absolute Gasteiger partial charge is 0.383 e. The number of nitrogens with zero attached hydrogens (tertiary/aromatic N) is 3. The topological polar surface area (TPSA) is 95.1 Å². The molecule has 0 aliphatic carbocycles. The number of ether oxygens (including phenoxy) is 1. The van der Waals surface area contributed by atoms with Crippen LogP contribution in [0.25, 0.3) is 0 Å². The Hall–Kier alpha value is -1.47. The van der Waals surface area contributed by atoms with E-state index in [0.717, 1.165) is 12.2 Å². The number of carbonyl (C=O) groups is 1. The van der Waals surface area contributed by atoms with Gasteiger partial charge in [-0.3, -0.25) is 4.79 Å². The molecule has 7 nitrogen and oxygen atoms in total. The Morgan fingerprint density at radius 2 is 2.47 bits per heavy atom. The van der Waals surface area contributed by atoms with E-state index in [9.17, 15) is 4.79 Å². The van der Waals surface area contributed by atoms with Crippen LogP contribution in [-0.2, 0) is 16.1 Å². The second-order valence-electron chi connectivity index (χ2n) is 3.69. The molecule has 0 aromatic carbocycles. The Kier molecular flexibility index (Phi) is 5.58. The van der Waals surface area contributed by atoms with Gasteiger partial charge in [-0.05, 0) is 6.42 Å². The second kappa shape index (κ2) is 6.97. The van der Waals surface area contributed by atoms with Crippen molar-refractivity contribution in [3.63, 3.8) is 0 Å². The summed E-state index contributed by atoms with van der Waals surface area (Å²) in [6.45, 7) is 3.87. The van der Waals surface area contributed by atoms with Gasteiger partial charge >= 0.3 is 0 Å². The molecule has 1 unspecified atom stereocenters. The molecule has 0 fully saturated rings. The van der Waals surface area contributed by atoms with Crippen molar-refractivity contribution in [2.75, 3.05) is 20.3 Å². The number of hydrogen-bond donors (Lipinski definition) is 2. The van der Waals surface area contributed by atoms with Crippen LogP contribution in [0.15, 0.2) is 6.20 Å². The Labute approximate surface area is 100 Å². The zero-order valence-electron chi connectivity index (χ0n) is 10.2. The minimum absolute atomic E-state index is 0.392. The molecule has 1 atom stereocenters. The summed E-state index contributed by atoms with van der Waals surface area (Å²) >= 11 is 0. The fourth-order valence-corrected chi connectivity index (χ4v) is 1.46. The number of hydrogen-bond acceptors (Lipinski definition) is 5. The Morgan fingerprint density at radius 1 is 1.71 bits per heavy atom. The quantitative estimate of drug-likeness (QED) is 0.595. The van der Waals surface area contributed by atoms with E-state index in [0.29, 0.717) is 19.6 Å². The molecule has 0 saturated carbocycles. The standard InChI is InChI=1S/C10H19N5O2/c1-3-9(10(11)16)15-7-8(13-14-15)6-12-4-5-17-2/h7,9,12H,3-6H2,1-2H3,(H2,11,16). The average Bonchev–Trinajstić information content (AvgIpc) is 2.74. The van der Waals surface area contributed by atoms with Gasteiger partial charge in [-0.15, -0.1) is 5.10 Å². The van der Waals surface area contributed by atoms with Gasteiger partial charge in [0.25, 0.3) is 0 Å². The van der Waals surface area contributed by atoms with E-state index in [2.05, 4.69) is 15.6 Å². The summed E-state index contributed by atoms with van der Waals surface area (Å²) in [4.78, 5) is 11.1. The lowest BCUT2D eigenvalue weighted by Crippen LogP contribution is -2.26. The molecule has 96 valence electrons. The van der Waals surface area contributed by atoms with E-state index in [4.69, 9.17) is 10.5 Å². The zero-order valence-corrected chi connectivity index (χ0v) is 10.2. The van der Waals surface area contributed by atoms with Crippen molar-refractivity contribution < 1.29 is 9.53 Å². The van der Waals surface area contributed by atoms with E-state index in [-0.39, 0.29) is 0 Å². The van der Waals surface area contributed by atoms with Crippen LogP contribution in [0.2, 0.25) is 0 Å². The lowest BCUT2D eigenvalue weighted by Gasteiger charge is -2.09. The summed E-state index contributed by atoms with van der Waals surface area (Å²) in [5, 5.41) is 11.0. The van der Waals surface area contributed by atoms with Gasteiger partial charge in [-0.1, -0.05) is 12.1 Å². The maximum absolute atomic E-state index is 11.1. The number of methoxy groups -OCH3 is 1. The van der Waals surface area contributed by atoms with Crippen molar-refractivity contribution >= 4 is 5.91 Å². The first kappa shape index (κ1) is 13.6. The maximum atomic E-state index is 11.1. The SMILES string of the molecule is CCC(C(N)=O)n1cc(CNCCOC)nn1. The predicted octanol–water partition coefficient (Wildman–Crippen LogP) is -0.549. The third kappa shape index (κ3) is 4.12. The van der Waals surface area contributed by atoms with E-state index in [1.54, 1.807) is 13.3 Å². The number of nitrogens with two attached hydrogens (primary N) is 1. The molecular weight excluding hydrogens is 222 g/mol. The van der Waals surface area contributed by atoms with Crippen LogP contribution in [0, 0.1) is 0 Å². The highest BCUT2D eigenvalue weighted by Gasteiger charge is 2.16. The molecule has 0 bridgehead atoms. The van der Waals surface area contributed by atoms with Crippen LogP contribution in [0.4, 0.5) is 0 Å². The Balaban J connectivity index is 2.49. The maximum Gasteiger partial charge on any atom is 0.242 e. The molecule has 1 amide bonds. The summed E-state index contributed by atoms with van der Waals surface area (Å²) in [5.74, 6) is -0.392. The van der Waals surface area contributed by atoms with Gasteiger partial charge in [0, 0.05) is 20.2 Å². The lowest BCUT2D eigenvalue weighted by molar-refractivity contribution is -0.121. The number of carbonyl (C=O) groups excluding carboxylic acids is 1. The molecule has 0 aliphatic heterocycles. The molecule has 3 N–H and O–H groups in total. The van der Waals surface area contributed by atoms with Gasteiger partial charge in [-0.2, -0.15) is 0 Å². The fraction of sp³-hybridized carbons (Fsp3) is 0.700. The minimum Gasteiger partial charge on any atom is -0.383 e. The number of primary amides is 1. The first-order chi connectivity index (χ1) is 8.19. The second-order valence-corrected chi connectivity index (χ2v) is 3.69. The van der Waals surface area contributed by atoms with Gasteiger partial charge in [-0.25, -0.2) is 4.68 Å². The highest BCUT2D eigenvalue weighted by Crippen LogP contribution is 2.08. The Morgan fingerprint density at radius 3 is 3.06 bits per heavy atom. The molecule has 1 heterocycles. The van der Waals surface area contributed by atoms with Gasteiger partial charge in [0.15, 0.2) is 0 Å². The van der Waals surface area contributed by atoms with Crippen LogP contribution in [-0.4, -0.2) is 41.2 Å². The molecule has 7 heteroatoms. The molecule has 1 rings (SSSR count). The highest BCUT2D eigenvalue weighted by molar-refractivity contribution is 5.78. The molecule has 17 heavy (non-hydrogen) atoms. The van der Waals surface area contributed by atoms with E-state index >= 15 is 0 Å². The van der Waals surface area contributed by atoms with Gasteiger partial charge in [0.1, 0.15) is 6.04 Å². The van der Waals surface area contributed by atoms with Crippen molar-refractivity contribution in [3.8, 4) is 0 Å². The van der Waals surface area contributed by atoms with Crippen molar-refractivity contribution in [2.45, 2.75) is 25.9 Å². The third-order valence-electron chi connectivity index (χ3n) is 2.38. The number of amides is 1. The molecular formula is C10H19N5O2. The van der Waals surface area contributed by atoms with Gasteiger partial charge < -0.3 is 15.8 Å². The van der Waals surface area contributed by atoms with Crippen LogP contribution < -0.4 is 11.1 Å². The Bertz CT molecular complexity index is 352. The zero-order chi connectivity index (χ0) is 12.7. The van der Waals surface area contributed by atoms with Crippen molar-refractivity contribution in [1.82, 2.24) is 20.3 Å². The van der Waals surface area contributed by atoms with E-state index in [1.165, 1.54) is 4.68 Å². The number of aromatic nitrogens is 3. The third-order valence-corrected chi connectivity index (χ3v) is 2.38. The van der Waals surface area contributed by atoms with Crippen molar-refractivity contribution in [3.05, 3.63) is 11.9 Å². The molecule has 1 aromatic heterocycles. The number of rotatable bonds is 8. The molecule has 0 saturated heterocycles.